The van der Waals surface area contributed by atoms with Crippen molar-refractivity contribution in [1.82, 2.24) is 0 Å². The first-order valence-electron chi connectivity index (χ1n) is 6.14. The van der Waals surface area contributed by atoms with E-state index >= 15 is 0 Å². The van der Waals surface area contributed by atoms with Gasteiger partial charge in [0, 0.05) is 18.2 Å². The van der Waals surface area contributed by atoms with Crippen LogP contribution in [0.2, 0.25) is 0 Å². The Morgan fingerprint density at radius 1 is 1.10 bits per heavy atom. The molecular weight excluding hydrogens is 259 g/mol. The zero-order chi connectivity index (χ0) is 14.5. The molecule has 0 unspecified atom stereocenters. The Bertz CT molecular complexity index is 602. The number of methoxy groups -OCH3 is 2. The van der Waals surface area contributed by atoms with E-state index in [0.717, 1.165) is 17.1 Å². The van der Waals surface area contributed by atoms with Gasteiger partial charge in [0.1, 0.15) is 17.3 Å². The molecule has 0 saturated carbocycles. The Morgan fingerprint density at radius 3 is 2.55 bits per heavy atom. The predicted molar refractivity (Wildman–Crippen MR) is 77.7 cm³/mol. The molecular formula is C15H17FN2O2. The van der Waals surface area contributed by atoms with Gasteiger partial charge < -0.3 is 20.5 Å². The summed E-state index contributed by atoms with van der Waals surface area (Å²) in [6.07, 6.45) is 0. The van der Waals surface area contributed by atoms with Gasteiger partial charge in [0.05, 0.1) is 25.6 Å². The van der Waals surface area contributed by atoms with Gasteiger partial charge >= 0.3 is 0 Å². The molecule has 0 heterocycles. The zero-order valence-corrected chi connectivity index (χ0v) is 11.4. The van der Waals surface area contributed by atoms with Gasteiger partial charge in [-0.1, -0.05) is 0 Å². The summed E-state index contributed by atoms with van der Waals surface area (Å²) >= 11 is 0. The summed E-state index contributed by atoms with van der Waals surface area (Å²) in [5.74, 6) is 1.10. The maximum absolute atomic E-state index is 13.0. The quantitative estimate of drug-likeness (QED) is 0.824. The minimum atomic E-state index is -0.352. The summed E-state index contributed by atoms with van der Waals surface area (Å²) in [6.45, 7) is 0.517. The molecule has 0 amide bonds. The van der Waals surface area contributed by atoms with Crippen molar-refractivity contribution in [3.8, 4) is 11.5 Å². The summed E-state index contributed by atoms with van der Waals surface area (Å²) < 4.78 is 23.4. The third-order valence-corrected chi connectivity index (χ3v) is 2.98. The molecule has 2 aromatic carbocycles. The number of halogens is 1. The summed E-state index contributed by atoms with van der Waals surface area (Å²) in [5, 5.41) is 3.16. The van der Waals surface area contributed by atoms with Crippen molar-refractivity contribution in [3.63, 3.8) is 0 Å². The molecule has 2 rings (SSSR count). The molecule has 3 N–H and O–H groups in total. The van der Waals surface area contributed by atoms with Gasteiger partial charge in [-0.25, -0.2) is 4.39 Å². The van der Waals surface area contributed by atoms with E-state index in [1.54, 1.807) is 20.3 Å². The van der Waals surface area contributed by atoms with Crippen molar-refractivity contribution in [1.29, 1.82) is 0 Å². The van der Waals surface area contributed by atoms with Crippen LogP contribution in [0, 0.1) is 5.82 Å². The van der Waals surface area contributed by atoms with Gasteiger partial charge in [0.15, 0.2) is 0 Å². The van der Waals surface area contributed by atoms with Crippen molar-refractivity contribution in [3.05, 3.63) is 47.8 Å². The molecule has 0 atom stereocenters. The van der Waals surface area contributed by atoms with Gasteiger partial charge in [-0.15, -0.1) is 0 Å². The lowest BCUT2D eigenvalue weighted by molar-refractivity contribution is 0.391. The third kappa shape index (κ3) is 3.12. The van der Waals surface area contributed by atoms with Crippen LogP contribution in [0.4, 0.5) is 15.8 Å². The number of benzene rings is 2. The molecule has 0 aliphatic rings. The number of ether oxygens (including phenoxy) is 2. The first kappa shape index (κ1) is 14.0. The van der Waals surface area contributed by atoms with E-state index in [-0.39, 0.29) is 5.82 Å². The van der Waals surface area contributed by atoms with E-state index in [0.29, 0.717) is 17.9 Å². The molecule has 0 fully saturated rings. The molecule has 4 nitrogen and oxygen atoms in total. The topological polar surface area (TPSA) is 56.5 Å². The number of rotatable bonds is 5. The fraction of sp³-hybridized carbons (Fsp3) is 0.200. The lowest BCUT2D eigenvalue weighted by Crippen LogP contribution is -2.04. The molecule has 0 bridgehead atoms. The van der Waals surface area contributed by atoms with Crippen LogP contribution in [0.25, 0.3) is 0 Å². The lowest BCUT2D eigenvalue weighted by atomic mass is 10.1. The maximum Gasteiger partial charge on any atom is 0.127 e. The highest BCUT2D eigenvalue weighted by Crippen LogP contribution is 2.26. The second-order valence-electron chi connectivity index (χ2n) is 4.26. The highest BCUT2D eigenvalue weighted by molar-refractivity contribution is 5.66. The van der Waals surface area contributed by atoms with E-state index < -0.39 is 0 Å². The van der Waals surface area contributed by atoms with Crippen LogP contribution in [-0.2, 0) is 6.54 Å². The van der Waals surface area contributed by atoms with E-state index in [1.807, 2.05) is 18.2 Å². The minimum absolute atomic E-state index is 0.352. The molecule has 0 aliphatic carbocycles. The largest absolute Gasteiger partial charge is 0.497 e. The number of nitrogen functional groups attached to an aromatic ring is 1. The van der Waals surface area contributed by atoms with Crippen molar-refractivity contribution >= 4 is 11.4 Å². The molecule has 0 aliphatic heterocycles. The van der Waals surface area contributed by atoms with E-state index in [4.69, 9.17) is 15.2 Å². The maximum atomic E-state index is 13.0. The molecule has 20 heavy (non-hydrogen) atoms. The normalized spacial score (nSPS) is 10.2. The Labute approximate surface area is 117 Å². The SMILES string of the molecule is COc1ccc(CNc2ccc(F)cc2N)c(OC)c1. The van der Waals surface area contributed by atoms with Crippen LogP contribution in [-0.4, -0.2) is 14.2 Å². The Kier molecular flexibility index (Phi) is 4.30. The van der Waals surface area contributed by atoms with Gasteiger partial charge in [-0.3, -0.25) is 0 Å². The Morgan fingerprint density at radius 2 is 1.90 bits per heavy atom. The second kappa shape index (κ2) is 6.14. The molecule has 0 saturated heterocycles. The fourth-order valence-corrected chi connectivity index (χ4v) is 1.88. The number of anilines is 2. The number of nitrogens with two attached hydrogens (primary N) is 1. The predicted octanol–water partition coefficient (Wildman–Crippen LogP) is 3.04. The number of hydrogen-bond donors (Lipinski definition) is 2. The van der Waals surface area contributed by atoms with E-state index in [2.05, 4.69) is 5.32 Å². The van der Waals surface area contributed by atoms with Crippen molar-refractivity contribution in [2.75, 3.05) is 25.3 Å². The van der Waals surface area contributed by atoms with Gasteiger partial charge in [0.2, 0.25) is 0 Å². The summed E-state index contributed by atoms with van der Waals surface area (Å²) in [5.41, 5.74) is 7.76. The summed E-state index contributed by atoms with van der Waals surface area (Å²) in [7, 11) is 3.20. The van der Waals surface area contributed by atoms with Crippen molar-refractivity contribution in [2.24, 2.45) is 0 Å². The summed E-state index contributed by atoms with van der Waals surface area (Å²) in [4.78, 5) is 0. The van der Waals surface area contributed by atoms with Crippen LogP contribution >= 0.6 is 0 Å². The average molecular weight is 276 g/mol. The van der Waals surface area contributed by atoms with Crippen LogP contribution in [0.15, 0.2) is 36.4 Å². The first-order valence-corrected chi connectivity index (χ1v) is 6.14. The van der Waals surface area contributed by atoms with E-state index in [1.165, 1.54) is 12.1 Å². The smallest absolute Gasteiger partial charge is 0.127 e. The monoisotopic (exact) mass is 276 g/mol. The van der Waals surface area contributed by atoms with Gasteiger partial charge in [0.25, 0.3) is 0 Å². The van der Waals surface area contributed by atoms with Crippen molar-refractivity contribution < 1.29 is 13.9 Å². The number of hydrogen-bond acceptors (Lipinski definition) is 4. The molecule has 106 valence electrons. The highest BCUT2D eigenvalue weighted by atomic mass is 19.1. The fourth-order valence-electron chi connectivity index (χ4n) is 1.88. The molecule has 2 aromatic rings. The average Bonchev–Trinajstić information content (AvgIpc) is 2.46. The standard InChI is InChI=1S/C15H17FN2O2/c1-19-12-5-3-10(15(8-12)20-2)9-18-14-6-4-11(16)7-13(14)17/h3-8,18H,9,17H2,1-2H3. The highest BCUT2D eigenvalue weighted by Gasteiger charge is 2.06. The van der Waals surface area contributed by atoms with Gasteiger partial charge in [-0.2, -0.15) is 0 Å². The van der Waals surface area contributed by atoms with Crippen LogP contribution in [0.3, 0.4) is 0 Å². The van der Waals surface area contributed by atoms with Crippen LogP contribution in [0.1, 0.15) is 5.56 Å². The molecule has 0 spiro atoms. The first-order chi connectivity index (χ1) is 9.63. The summed E-state index contributed by atoms with van der Waals surface area (Å²) in [6, 6.07) is 9.83. The second-order valence-corrected chi connectivity index (χ2v) is 4.26. The minimum Gasteiger partial charge on any atom is -0.497 e. The van der Waals surface area contributed by atoms with Crippen molar-refractivity contribution in [2.45, 2.75) is 6.54 Å². The Balaban J connectivity index is 2.14. The Hall–Kier alpha value is -2.43. The van der Waals surface area contributed by atoms with E-state index in [9.17, 15) is 4.39 Å². The lowest BCUT2D eigenvalue weighted by Gasteiger charge is -2.13. The zero-order valence-electron chi connectivity index (χ0n) is 11.4. The van der Waals surface area contributed by atoms with Gasteiger partial charge in [-0.05, 0) is 30.3 Å². The van der Waals surface area contributed by atoms with Crippen LogP contribution < -0.4 is 20.5 Å². The van der Waals surface area contributed by atoms with Crippen LogP contribution in [0.5, 0.6) is 11.5 Å². The number of nitrogens with one attached hydrogen (secondary N) is 1. The third-order valence-electron chi connectivity index (χ3n) is 2.98. The molecule has 0 aromatic heterocycles. The molecule has 0 radical (unpaired) electrons. The molecule has 5 heteroatoms.